The van der Waals surface area contributed by atoms with Crippen LogP contribution in [-0.4, -0.2) is 8.42 Å². The fourth-order valence-corrected chi connectivity index (χ4v) is 2.60. The average Bonchev–Trinajstić information content (AvgIpc) is 2.40. The molecule has 2 nitrogen and oxygen atoms in total. The molecule has 19 heavy (non-hydrogen) atoms. The smallest absolute Gasteiger partial charge is 0.216 e. The fourth-order valence-electron chi connectivity index (χ4n) is 1.59. The van der Waals surface area contributed by atoms with Gasteiger partial charge in [-0.1, -0.05) is 48.0 Å². The van der Waals surface area contributed by atoms with Crippen molar-refractivity contribution in [3.05, 3.63) is 70.9 Å². The fraction of sp³-hybridized carbons (Fsp3) is 0.0667. The minimum atomic E-state index is -4.06. The SMILES string of the molecule is Cc1ccc(S(=O)(=O)/C(F)=C/c2ccccc2)cc1. The van der Waals surface area contributed by atoms with Crippen molar-refractivity contribution in [2.45, 2.75) is 11.8 Å². The lowest BCUT2D eigenvalue weighted by molar-refractivity contribution is 0.579. The van der Waals surface area contributed by atoms with E-state index >= 15 is 0 Å². The van der Waals surface area contributed by atoms with Crippen LogP contribution in [0.1, 0.15) is 11.1 Å². The van der Waals surface area contributed by atoms with E-state index in [0.717, 1.165) is 11.6 Å². The maximum atomic E-state index is 13.9. The summed E-state index contributed by atoms with van der Waals surface area (Å²) < 4.78 is 37.9. The zero-order valence-corrected chi connectivity index (χ0v) is 11.2. The maximum absolute atomic E-state index is 13.9. The second kappa shape index (κ2) is 5.36. The molecular weight excluding hydrogens is 263 g/mol. The number of benzene rings is 2. The van der Waals surface area contributed by atoms with Gasteiger partial charge in [-0.2, -0.15) is 4.39 Å². The molecule has 0 aliphatic rings. The van der Waals surface area contributed by atoms with Crippen molar-refractivity contribution in [2.75, 3.05) is 0 Å². The molecule has 0 amide bonds. The third-order valence-electron chi connectivity index (χ3n) is 2.67. The van der Waals surface area contributed by atoms with Crippen LogP contribution in [0.4, 0.5) is 4.39 Å². The minimum Gasteiger partial charge on any atom is -0.216 e. The number of aryl methyl sites for hydroxylation is 1. The van der Waals surface area contributed by atoms with E-state index in [4.69, 9.17) is 0 Å². The lowest BCUT2D eigenvalue weighted by Crippen LogP contribution is -2.01. The number of hydrogen-bond donors (Lipinski definition) is 0. The molecule has 0 bridgehead atoms. The molecule has 0 saturated heterocycles. The molecule has 2 rings (SSSR count). The average molecular weight is 276 g/mol. The Bertz CT molecular complexity index is 687. The Hall–Kier alpha value is -1.94. The molecule has 4 heteroatoms. The third kappa shape index (κ3) is 3.09. The summed E-state index contributed by atoms with van der Waals surface area (Å²) in [5.41, 5.74) is 1.43. The van der Waals surface area contributed by atoms with Crippen LogP contribution in [0.25, 0.3) is 6.08 Å². The van der Waals surface area contributed by atoms with E-state index in [1.54, 1.807) is 42.5 Å². The second-order valence-electron chi connectivity index (χ2n) is 4.18. The zero-order chi connectivity index (χ0) is 13.9. The van der Waals surface area contributed by atoms with Crippen LogP contribution in [-0.2, 0) is 9.84 Å². The van der Waals surface area contributed by atoms with Gasteiger partial charge >= 0.3 is 0 Å². The first-order chi connectivity index (χ1) is 9.00. The molecule has 0 radical (unpaired) electrons. The highest BCUT2D eigenvalue weighted by molar-refractivity contribution is 7.95. The van der Waals surface area contributed by atoms with E-state index in [-0.39, 0.29) is 4.90 Å². The summed E-state index contributed by atoms with van der Waals surface area (Å²) in [5.74, 6) is 0. The predicted octanol–water partition coefficient (Wildman–Crippen LogP) is 3.74. The summed E-state index contributed by atoms with van der Waals surface area (Å²) in [6.45, 7) is 1.84. The zero-order valence-electron chi connectivity index (χ0n) is 10.4. The van der Waals surface area contributed by atoms with E-state index in [0.29, 0.717) is 5.56 Å². The van der Waals surface area contributed by atoms with Crippen molar-refractivity contribution in [1.29, 1.82) is 0 Å². The first kappa shape index (κ1) is 13.5. The maximum Gasteiger partial charge on any atom is 0.233 e. The standard InChI is InChI=1S/C15H13FO2S/c1-12-7-9-14(10-8-12)19(17,18)15(16)11-13-5-3-2-4-6-13/h2-11H,1H3/b15-11+. The largest absolute Gasteiger partial charge is 0.233 e. The molecule has 2 aromatic carbocycles. The summed E-state index contributed by atoms with van der Waals surface area (Å²) >= 11 is 0. The lowest BCUT2D eigenvalue weighted by Gasteiger charge is -2.02. The molecule has 0 saturated carbocycles. The quantitative estimate of drug-likeness (QED) is 0.856. The summed E-state index contributed by atoms with van der Waals surface area (Å²) in [6, 6.07) is 14.6. The van der Waals surface area contributed by atoms with Crippen molar-refractivity contribution < 1.29 is 12.8 Å². The van der Waals surface area contributed by atoms with Crippen LogP contribution < -0.4 is 0 Å². The van der Waals surface area contributed by atoms with Gasteiger partial charge in [0.05, 0.1) is 4.90 Å². The topological polar surface area (TPSA) is 34.1 Å². The molecule has 2 aromatic rings. The van der Waals surface area contributed by atoms with Crippen LogP contribution in [0.2, 0.25) is 0 Å². The summed E-state index contributed by atoms with van der Waals surface area (Å²) in [5, 5.41) is -1.15. The molecule has 98 valence electrons. The van der Waals surface area contributed by atoms with Crippen LogP contribution in [0, 0.1) is 6.92 Å². The molecule has 0 spiro atoms. The van der Waals surface area contributed by atoms with E-state index in [9.17, 15) is 12.8 Å². The molecule has 0 aliphatic heterocycles. The van der Waals surface area contributed by atoms with Crippen molar-refractivity contribution in [3.63, 3.8) is 0 Å². The molecule has 0 heterocycles. The molecule has 0 unspecified atom stereocenters. The van der Waals surface area contributed by atoms with E-state index in [1.807, 2.05) is 6.92 Å². The van der Waals surface area contributed by atoms with Gasteiger partial charge < -0.3 is 0 Å². The third-order valence-corrected chi connectivity index (χ3v) is 4.19. The van der Waals surface area contributed by atoms with Crippen molar-refractivity contribution >= 4 is 15.9 Å². The van der Waals surface area contributed by atoms with Gasteiger partial charge in [0.25, 0.3) is 0 Å². The first-order valence-corrected chi connectivity index (χ1v) is 7.22. The minimum absolute atomic E-state index is 0.0391. The van der Waals surface area contributed by atoms with Gasteiger partial charge in [0, 0.05) is 0 Å². The van der Waals surface area contributed by atoms with Crippen LogP contribution in [0.5, 0.6) is 0 Å². The summed E-state index contributed by atoms with van der Waals surface area (Å²) in [7, 11) is -4.06. The molecule has 0 aliphatic carbocycles. The Kier molecular flexibility index (Phi) is 3.81. The van der Waals surface area contributed by atoms with E-state index < -0.39 is 15.0 Å². The number of sulfone groups is 1. The van der Waals surface area contributed by atoms with Gasteiger partial charge in [-0.25, -0.2) is 8.42 Å². The lowest BCUT2D eigenvalue weighted by atomic mass is 10.2. The Morgan fingerprint density at radius 1 is 1.00 bits per heavy atom. The van der Waals surface area contributed by atoms with Gasteiger partial charge in [0.15, 0.2) is 0 Å². The van der Waals surface area contributed by atoms with E-state index in [2.05, 4.69) is 0 Å². The van der Waals surface area contributed by atoms with E-state index in [1.165, 1.54) is 12.1 Å². The number of rotatable bonds is 3. The van der Waals surface area contributed by atoms with Gasteiger partial charge in [-0.3, -0.25) is 0 Å². The first-order valence-electron chi connectivity index (χ1n) is 5.74. The van der Waals surface area contributed by atoms with Crippen molar-refractivity contribution in [2.24, 2.45) is 0 Å². The summed E-state index contributed by atoms with van der Waals surface area (Å²) in [4.78, 5) is -0.0391. The van der Waals surface area contributed by atoms with Gasteiger partial charge in [0.1, 0.15) is 0 Å². The molecule has 0 fully saturated rings. The Labute approximate surface area is 112 Å². The number of halogens is 1. The summed E-state index contributed by atoms with van der Waals surface area (Å²) in [6.07, 6.45) is 1.02. The Balaban J connectivity index is 2.40. The second-order valence-corrected chi connectivity index (χ2v) is 6.04. The van der Waals surface area contributed by atoms with Crippen LogP contribution in [0.3, 0.4) is 0 Å². The van der Waals surface area contributed by atoms with Crippen LogP contribution in [0.15, 0.2) is 64.7 Å². The monoisotopic (exact) mass is 276 g/mol. The number of hydrogen-bond acceptors (Lipinski definition) is 2. The van der Waals surface area contributed by atoms with Crippen molar-refractivity contribution in [1.82, 2.24) is 0 Å². The molecule has 0 aromatic heterocycles. The predicted molar refractivity (Wildman–Crippen MR) is 73.9 cm³/mol. The normalized spacial score (nSPS) is 12.4. The Morgan fingerprint density at radius 3 is 2.16 bits per heavy atom. The highest BCUT2D eigenvalue weighted by Crippen LogP contribution is 2.22. The van der Waals surface area contributed by atoms with Gasteiger partial charge in [-0.05, 0) is 30.7 Å². The Morgan fingerprint density at radius 2 is 1.58 bits per heavy atom. The molecule has 0 atom stereocenters. The van der Waals surface area contributed by atoms with Gasteiger partial charge in [-0.15, -0.1) is 0 Å². The highest BCUT2D eigenvalue weighted by Gasteiger charge is 2.20. The molecule has 0 N–H and O–H groups in total. The van der Waals surface area contributed by atoms with Gasteiger partial charge in [0.2, 0.25) is 15.0 Å². The highest BCUT2D eigenvalue weighted by atomic mass is 32.2. The van der Waals surface area contributed by atoms with Crippen LogP contribution >= 0.6 is 0 Å². The van der Waals surface area contributed by atoms with Crippen molar-refractivity contribution in [3.8, 4) is 0 Å². The molecular formula is C15H13FO2S.